The number of halogens is 2. The summed E-state index contributed by atoms with van der Waals surface area (Å²) in [5, 5.41) is 4.34. The fraction of sp³-hybridized carbons (Fsp3) is 0.611. The molecule has 2 unspecified atom stereocenters. The lowest BCUT2D eigenvalue weighted by Crippen LogP contribution is -2.54. The number of alkyl halides is 2. The van der Waals surface area contributed by atoms with Gasteiger partial charge in [-0.1, -0.05) is 35.3 Å². The molecule has 1 N–H and O–H groups in total. The lowest BCUT2D eigenvalue weighted by Gasteiger charge is -2.39. The summed E-state index contributed by atoms with van der Waals surface area (Å²) in [6, 6.07) is 4.65. The number of nitrogens with one attached hydrogen (secondary N) is 1. The first-order chi connectivity index (χ1) is 13.0. The summed E-state index contributed by atoms with van der Waals surface area (Å²) in [5.74, 6) is 0.930. The third kappa shape index (κ3) is 5.54. The van der Waals surface area contributed by atoms with Crippen LogP contribution in [0.5, 0.6) is 11.5 Å². The Morgan fingerprint density at radius 3 is 2.70 bits per heavy atom. The van der Waals surface area contributed by atoms with Crippen molar-refractivity contribution < 1.29 is 19.1 Å². The van der Waals surface area contributed by atoms with E-state index in [1.165, 1.54) is 12.2 Å². The third-order valence-corrected chi connectivity index (χ3v) is 4.84. The monoisotopic (exact) mass is 419 g/mol. The number of hydrogen-bond acceptors (Lipinski definition) is 5. The second-order valence-corrected chi connectivity index (χ2v) is 6.75. The maximum absolute atomic E-state index is 12.8. The Hall–Kier alpha value is -1.41. The second-order valence-electron chi connectivity index (χ2n) is 6.32. The number of para-hydroxylation sites is 1. The summed E-state index contributed by atoms with van der Waals surface area (Å²) in [7, 11) is 3.50. The smallest absolute Gasteiger partial charge is 0.343 e. The fourth-order valence-corrected chi connectivity index (χ4v) is 3.50. The number of benzene rings is 1. The van der Waals surface area contributed by atoms with Gasteiger partial charge in [0.05, 0.1) is 13.2 Å². The minimum atomic E-state index is -0.360. The van der Waals surface area contributed by atoms with E-state index in [1.807, 2.05) is 26.1 Å². The predicted molar refractivity (Wildman–Crippen MR) is 105 cm³/mol. The summed E-state index contributed by atoms with van der Waals surface area (Å²) in [6.07, 6.45) is 2.95. The zero-order valence-corrected chi connectivity index (χ0v) is 17.4. The molecular weight excluding hydrogens is 393 g/mol. The molecule has 152 valence electrons. The molecule has 1 fully saturated rings. The Bertz CT molecular complexity index is 620. The van der Waals surface area contributed by atoms with Gasteiger partial charge in [0.2, 0.25) is 0 Å². The van der Waals surface area contributed by atoms with Gasteiger partial charge < -0.3 is 14.8 Å². The first-order valence-electron chi connectivity index (χ1n) is 8.88. The van der Waals surface area contributed by atoms with E-state index in [1.54, 1.807) is 6.07 Å². The Morgan fingerprint density at radius 2 is 2.07 bits per heavy atom. The highest BCUT2D eigenvalue weighted by Gasteiger charge is 2.31. The first-order valence-corrected chi connectivity index (χ1v) is 9.94. The average molecular weight is 420 g/mol. The Kier molecular flexibility index (Phi) is 8.76. The molecule has 0 aliphatic carbocycles. The van der Waals surface area contributed by atoms with Gasteiger partial charge in [0.25, 0.3) is 0 Å². The molecule has 7 nitrogen and oxygen atoms in total. The Morgan fingerprint density at radius 1 is 1.33 bits per heavy atom. The van der Waals surface area contributed by atoms with E-state index in [2.05, 4.69) is 10.2 Å². The number of amides is 2. The van der Waals surface area contributed by atoms with E-state index in [9.17, 15) is 4.79 Å². The molecule has 0 saturated carbocycles. The van der Waals surface area contributed by atoms with Crippen molar-refractivity contribution in [1.82, 2.24) is 15.3 Å². The normalized spacial score (nSPS) is 18.6. The summed E-state index contributed by atoms with van der Waals surface area (Å²) in [4.78, 5) is 20.3. The molecule has 1 aliphatic heterocycles. The lowest BCUT2D eigenvalue weighted by atomic mass is 10.1. The van der Waals surface area contributed by atoms with Crippen LogP contribution in [-0.4, -0.2) is 55.0 Å². The first kappa shape index (κ1) is 21.9. The Labute approximate surface area is 170 Å². The SMILES string of the molecule is CON(C(=O)NC(C)c1cccc(OCCl)c1OCCl)C1CCCCN1C. The largest absolute Gasteiger partial charge is 0.474 e. The number of urea groups is 1. The third-order valence-electron chi connectivity index (χ3n) is 4.62. The maximum atomic E-state index is 12.8. The lowest BCUT2D eigenvalue weighted by molar-refractivity contribution is -0.161. The minimum Gasteiger partial charge on any atom is -0.474 e. The van der Waals surface area contributed by atoms with Gasteiger partial charge >= 0.3 is 6.03 Å². The van der Waals surface area contributed by atoms with Crippen molar-refractivity contribution >= 4 is 29.2 Å². The zero-order valence-electron chi connectivity index (χ0n) is 15.9. The van der Waals surface area contributed by atoms with Crippen LogP contribution in [0.4, 0.5) is 4.79 Å². The molecule has 0 bridgehead atoms. The van der Waals surface area contributed by atoms with Gasteiger partial charge in [-0.3, -0.25) is 9.74 Å². The van der Waals surface area contributed by atoms with Gasteiger partial charge in [-0.25, -0.2) is 4.79 Å². The highest BCUT2D eigenvalue weighted by molar-refractivity contribution is 6.17. The van der Waals surface area contributed by atoms with Crippen LogP contribution in [0.25, 0.3) is 0 Å². The molecule has 1 aliphatic rings. The highest BCUT2D eigenvalue weighted by Crippen LogP contribution is 2.35. The number of hydrogen-bond donors (Lipinski definition) is 1. The molecule has 0 radical (unpaired) electrons. The zero-order chi connectivity index (χ0) is 19.8. The second kappa shape index (κ2) is 10.8. The van der Waals surface area contributed by atoms with Crippen LogP contribution < -0.4 is 14.8 Å². The van der Waals surface area contributed by atoms with Crippen molar-refractivity contribution in [2.45, 2.75) is 38.4 Å². The van der Waals surface area contributed by atoms with Crippen LogP contribution in [0.3, 0.4) is 0 Å². The number of carbonyl (C=O) groups excluding carboxylic acids is 1. The van der Waals surface area contributed by atoms with Gasteiger partial charge in [0.1, 0.15) is 6.17 Å². The topological polar surface area (TPSA) is 63.3 Å². The van der Waals surface area contributed by atoms with E-state index < -0.39 is 0 Å². The molecule has 1 aromatic carbocycles. The summed E-state index contributed by atoms with van der Waals surface area (Å²) in [6.45, 7) is 2.79. The van der Waals surface area contributed by atoms with Crippen molar-refractivity contribution in [3.8, 4) is 11.5 Å². The van der Waals surface area contributed by atoms with Crippen LogP contribution >= 0.6 is 23.2 Å². The van der Waals surface area contributed by atoms with Gasteiger partial charge in [-0.15, -0.1) is 0 Å². The summed E-state index contributed by atoms with van der Waals surface area (Å²) < 4.78 is 10.9. The van der Waals surface area contributed by atoms with Gasteiger partial charge in [0, 0.05) is 5.56 Å². The molecule has 0 spiro atoms. The van der Waals surface area contributed by atoms with Crippen molar-refractivity contribution in [2.24, 2.45) is 0 Å². The molecule has 2 amide bonds. The quantitative estimate of drug-likeness (QED) is 0.510. The van der Waals surface area contributed by atoms with Crippen LogP contribution in [-0.2, 0) is 4.84 Å². The maximum Gasteiger partial charge on any atom is 0.343 e. The highest BCUT2D eigenvalue weighted by atomic mass is 35.5. The van der Waals surface area contributed by atoms with Crippen LogP contribution in [0.2, 0.25) is 0 Å². The van der Waals surface area contributed by atoms with E-state index in [0.717, 1.165) is 31.4 Å². The van der Waals surface area contributed by atoms with Crippen molar-refractivity contribution in [2.75, 3.05) is 32.8 Å². The number of carbonyl (C=O) groups is 1. The average Bonchev–Trinajstić information content (AvgIpc) is 2.65. The van der Waals surface area contributed by atoms with Gasteiger partial charge in [-0.2, -0.15) is 5.06 Å². The molecule has 2 rings (SSSR count). The molecule has 2 atom stereocenters. The molecule has 1 aromatic rings. The molecular formula is C18H27Cl2N3O4. The molecule has 1 heterocycles. The van der Waals surface area contributed by atoms with E-state index in [-0.39, 0.29) is 30.4 Å². The van der Waals surface area contributed by atoms with E-state index in [4.69, 9.17) is 37.5 Å². The van der Waals surface area contributed by atoms with Crippen molar-refractivity contribution in [3.63, 3.8) is 0 Å². The van der Waals surface area contributed by atoms with E-state index >= 15 is 0 Å². The Balaban J connectivity index is 2.16. The molecule has 27 heavy (non-hydrogen) atoms. The van der Waals surface area contributed by atoms with Gasteiger partial charge in [0.15, 0.2) is 23.6 Å². The number of hydroxylamine groups is 2. The molecule has 0 aromatic heterocycles. The van der Waals surface area contributed by atoms with Crippen LogP contribution in [0.15, 0.2) is 18.2 Å². The van der Waals surface area contributed by atoms with Crippen LogP contribution in [0.1, 0.15) is 37.8 Å². The van der Waals surface area contributed by atoms with Crippen LogP contribution in [0, 0.1) is 0 Å². The van der Waals surface area contributed by atoms with Crippen molar-refractivity contribution in [3.05, 3.63) is 23.8 Å². The number of rotatable bonds is 8. The molecule has 1 saturated heterocycles. The number of nitrogens with zero attached hydrogens (tertiary/aromatic N) is 2. The number of likely N-dealkylation sites (tertiary alicyclic amines) is 1. The van der Waals surface area contributed by atoms with Gasteiger partial charge in [-0.05, 0) is 45.8 Å². The van der Waals surface area contributed by atoms with E-state index in [0.29, 0.717) is 11.5 Å². The predicted octanol–water partition coefficient (Wildman–Crippen LogP) is 3.91. The minimum absolute atomic E-state index is 0.0195. The summed E-state index contributed by atoms with van der Waals surface area (Å²) in [5.41, 5.74) is 0.736. The van der Waals surface area contributed by atoms with Crippen molar-refractivity contribution in [1.29, 1.82) is 0 Å². The molecule has 9 heteroatoms. The summed E-state index contributed by atoms with van der Waals surface area (Å²) >= 11 is 11.4. The number of piperidine rings is 1. The number of ether oxygens (including phenoxy) is 2. The fourth-order valence-electron chi connectivity index (χ4n) is 3.28. The standard InChI is InChI=1S/C18H27Cl2N3O4/c1-13(14-7-6-8-15(26-11-19)17(14)27-12-20)21-18(24)23(25-3)16-9-4-5-10-22(16)2/h6-8,13,16H,4-5,9-12H2,1-3H3,(H,21,24).